The highest BCUT2D eigenvalue weighted by atomic mass is 16.7. The number of benzene rings is 1. The molecule has 2 fully saturated rings. The average molecular weight is 305 g/mol. The van der Waals surface area contributed by atoms with Gasteiger partial charge in [0.25, 0.3) is 0 Å². The fourth-order valence-electron chi connectivity index (χ4n) is 2.32. The highest BCUT2D eigenvalue weighted by molar-refractivity contribution is 6.63. The number of para-hydroxylation sites is 1. The predicted molar refractivity (Wildman–Crippen MR) is 82.5 cm³/mol. The van der Waals surface area contributed by atoms with Crippen LogP contribution in [0.2, 0.25) is 0 Å². The molecule has 0 radical (unpaired) electrons. The quantitative estimate of drug-likeness (QED) is 0.485. The van der Waals surface area contributed by atoms with Gasteiger partial charge in [-0.15, -0.1) is 0 Å². The van der Waals surface area contributed by atoms with Crippen molar-refractivity contribution in [2.75, 3.05) is 0 Å². The van der Waals surface area contributed by atoms with E-state index < -0.39 is 23.2 Å². The first-order chi connectivity index (χ1) is 10.2. The summed E-state index contributed by atoms with van der Waals surface area (Å²) >= 11 is 0. The minimum Gasteiger partial charge on any atom is -0.484 e. The highest BCUT2D eigenvalue weighted by Crippen LogP contribution is 2.39. The van der Waals surface area contributed by atoms with Gasteiger partial charge in [0.1, 0.15) is 0 Å². The molecule has 22 heavy (non-hydrogen) atoms. The van der Waals surface area contributed by atoms with E-state index in [9.17, 15) is 10.1 Å². The van der Waals surface area contributed by atoms with Crippen LogP contribution in [0.3, 0.4) is 0 Å². The molecule has 1 aliphatic heterocycles. The first-order valence-electron chi connectivity index (χ1n) is 7.51. The van der Waals surface area contributed by atoms with Crippen LogP contribution in [-0.4, -0.2) is 29.3 Å². The van der Waals surface area contributed by atoms with E-state index in [4.69, 9.17) is 14.0 Å². The number of nitro groups is 1. The lowest BCUT2D eigenvalue weighted by Crippen LogP contribution is -2.41. The second kappa shape index (κ2) is 4.96. The molecular formula is C15H20BNO5. The Kier molecular flexibility index (Phi) is 3.45. The lowest BCUT2D eigenvalue weighted by Gasteiger charge is -2.32. The van der Waals surface area contributed by atoms with E-state index in [0.717, 1.165) is 12.8 Å². The van der Waals surface area contributed by atoms with Crippen molar-refractivity contribution in [3.05, 3.63) is 28.3 Å². The predicted octanol–water partition coefficient (Wildman–Crippen LogP) is 2.44. The second-order valence-electron chi connectivity index (χ2n) is 6.86. The molecule has 1 heterocycles. The van der Waals surface area contributed by atoms with Gasteiger partial charge in [0.2, 0.25) is 0 Å². The van der Waals surface area contributed by atoms with Gasteiger partial charge in [-0.25, -0.2) is 0 Å². The van der Waals surface area contributed by atoms with Crippen LogP contribution in [0.4, 0.5) is 5.69 Å². The third kappa shape index (κ3) is 2.59. The topological polar surface area (TPSA) is 70.8 Å². The van der Waals surface area contributed by atoms with Crippen molar-refractivity contribution < 1.29 is 19.0 Å². The number of hydrogen-bond donors (Lipinski definition) is 0. The number of ether oxygens (including phenoxy) is 1. The summed E-state index contributed by atoms with van der Waals surface area (Å²) in [4.78, 5) is 10.9. The molecule has 118 valence electrons. The fourth-order valence-corrected chi connectivity index (χ4v) is 2.32. The Morgan fingerprint density at radius 1 is 1.23 bits per heavy atom. The van der Waals surface area contributed by atoms with Crippen LogP contribution in [0, 0.1) is 10.1 Å². The summed E-state index contributed by atoms with van der Waals surface area (Å²) in [6.45, 7) is 7.80. The van der Waals surface area contributed by atoms with Gasteiger partial charge >= 0.3 is 12.8 Å². The number of nitro benzene ring substituents is 1. The maximum atomic E-state index is 11.3. The Balaban J connectivity index is 2.00. The standard InChI is InChI=1S/C15H20BNO5/c1-14(2)15(3,4)22-16(21-14)11-6-5-7-12(17(18)19)13(11)20-10-8-9-10/h5-7,10H,8-9H2,1-4H3. The van der Waals surface area contributed by atoms with Crippen molar-refractivity contribution in [1.29, 1.82) is 0 Å². The molecule has 0 atom stereocenters. The Labute approximate surface area is 130 Å². The van der Waals surface area contributed by atoms with Gasteiger partial charge in [0, 0.05) is 11.5 Å². The van der Waals surface area contributed by atoms with E-state index in [1.807, 2.05) is 27.7 Å². The van der Waals surface area contributed by atoms with Gasteiger partial charge < -0.3 is 14.0 Å². The summed E-state index contributed by atoms with van der Waals surface area (Å²) in [5.74, 6) is 0.272. The molecule has 3 rings (SSSR count). The van der Waals surface area contributed by atoms with Crippen molar-refractivity contribution in [3.63, 3.8) is 0 Å². The van der Waals surface area contributed by atoms with Crippen molar-refractivity contribution in [3.8, 4) is 5.75 Å². The molecule has 0 N–H and O–H groups in total. The molecule has 7 heteroatoms. The van der Waals surface area contributed by atoms with Crippen LogP contribution in [0.5, 0.6) is 5.75 Å². The smallest absolute Gasteiger partial charge is 0.484 e. The van der Waals surface area contributed by atoms with Gasteiger partial charge in [0.05, 0.1) is 22.2 Å². The summed E-state index contributed by atoms with van der Waals surface area (Å²) in [5.41, 5.74) is -0.461. The van der Waals surface area contributed by atoms with E-state index >= 15 is 0 Å². The summed E-state index contributed by atoms with van der Waals surface area (Å²) in [5, 5.41) is 11.3. The summed E-state index contributed by atoms with van der Waals surface area (Å²) in [7, 11) is -0.668. The molecule has 0 bridgehead atoms. The maximum Gasteiger partial charge on any atom is 0.498 e. The van der Waals surface area contributed by atoms with Crippen molar-refractivity contribution in [1.82, 2.24) is 0 Å². The zero-order chi connectivity index (χ0) is 16.1. The van der Waals surface area contributed by atoms with Crippen molar-refractivity contribution >= 4 is 18.3 Å². The summed E-state index contributed by atoms with van der Waals surface area (Å²) in [6.07, 6.45) is 1.91. The molecular weight excluding hydrogens is 285 g/mol. The molecule has 1 aromatic carbocycles. The van der Waals surface area contributed by atoms with Crippen LogP contribution in [0.25, 0.3) is 0 Å². The zero-order valence-electron chi connectivity index (χ0n) is 13.3. The third-order valence-corrected chi connectivity index (χ3v) is 4.54. The SMILES string of the molecule is CC1(C)OB(c2cccc([N+](=O)[O-])c2OC2CC2)OC1(C)C. The van der Waals surface area contributed by atoms with Gasteiger partial charge in [-0.3, -0.25) is 10.1 Å². The molecule has 0 amide bonds. The van der Waals surface area contributed by atoms with Gasteiger partial charge in [-0.1, -0.05) is 12.1 Å². The van der Waals surface area contributed by atoms with Crippen LogP contribution < -0.4 is 10.2 Å². The molecule has 0 spiro atoms. The molecule has 6 nitrogen and oxygen atoms in total. The molecule has 1 saturated heterocycles. The van der Waals surface area contributed by atoms with Gasteiger partial charge in [-0.05, 0) is 40.5 Å². The Hall–Kier alpha value is -1.60. The normalized spacial score (nSPS) is 22.6. The molecule has 1 aliphatic carbocycles. The van der Waals surface area contributed by atoms with Crippen LogP contribution in [0.1, 0.15) is 40.5 Å². The van der Waals surface area contributed by atoms with Crippen LogP contribution in [-0.2, 0) is 9.31 Å². The lowest BCUT2D eigenvalue weighted by atomic mass is 9.78. The largest absolute Gasteiger partial charge is 0.498 e. The number of nitrogens with zero attached hydrogens (tertiary/aromatic N) is 1. The van der Waals surface area contributed by atoms with Crippen LogP contribution >= 0.6 is 0 Å². The summed E-state index contributed by atoms with van der Waals surface area (Å²) < 4.78 is 17.8. The van der Waals surface area contributed by atoms with E-state index in [-0.39, 0.29) is 17.5 Å². The van der Waals surface area contributed by atoms with Crippen molar-refractivity contribution in [2.24, 2.45) is 0 Å². The molecule has 0 aromatic heterocycles. The molecule has 2 aliphatic rings. The minimum atomic E-state index is -0.668. The van der Waals surface area contributed by atoms with Crippen molar-refractivity contribution in [2.45, 2.75) is 57.8 Å². The van der Waals surface area contributed by atoms with Crippen LogP contribution in [0.15, 0.2) is 18.2 Å². The third-order valence-electron chi connectivity index (χ3n) is 4.54. The average Bonchev–Trinajstić information content (AvgIpc) is 3.17. The maximum absolute atomic E-state index is 11.3. The Bertz CT molecular complexity index is 596. The van der Waals surface area contributed by atoms with E-state index in [1.165, 1.54) is 6.07 Å². The molecule has 1 aromatic rings. The Morgan fingerprint density at radius 2 is 1.82 bits per heavy atom. The monoisotopic (exact) mass is 305 g/mol. The molecule has 0 unspecified atom stereocenters. The van der Waals surface area contributed by atoms with E-state index in [2.05, 4.69) is 0 Å². The number of hydrogen-bond acceptors (Lipinski definition) is 5. The van der Waals surface area contributed by atoms with E-state index in [0.29, 0.717) is 5.46 Å². The second-order valence-corrected chi connectivity index (χ2v) is 6.86. The first-order valence-corrected chi connectivity index (χ1v) is 7.51. The first kappa shape index (κ1) is 15.3. The molecule has 1 saturated carbocycles. The number of rotatable bonds is 4. The Morgan fingerprint density at radius 3 is 2.32 bits per heavy atom. The highest BCUT2D eigenvalue weighted by Gasteiger charge is 2.53. The fraction of sp³-hybridized carbons (Fsp3) is 0.600. The minimum absolute atomic E-state index is 0.0425. The van der Waals surface area contributed by atoms with E-state index in [1.54, 1.807) is 12.1 Å². The summed E-state index contributed by atoms with van der Waals surface area (Å²) in [6, 6.07) is 4.86. The zero-order valence-corrected chi connectivity index (χ0v) is 13.3. The van der Waals surface area contributed by atoms with Gasteiger partial charge in [0.15, 0.2) is 5.75 Å². The lowest BCUT2D eigenvalue weighted by molar-refractivity contribution is -0.385. The van der Waals surface area contributed by atoms with Gasteiger partial charge in [-0.2, -0.15) is 0 Å².